The van der Waals surface area contributed by atoms with Crippen molar-refractivity contribution in [2.75, 3.05) is 13.1 Å². The van der Waals surface area contributed by atoms with Crippen LogP contribution in [0.3, 0.4) is 0 Å². The Bertz CT molecular complexity index is 1030. The fourth-order valence-corrected chi connectivity index (χ4v) is 3.80. The van der Waals surface area contributed by atoms with Crippen molar-refractivity contribution in [3.8, 4) is 0 Å². The van der Waals surface area contributed by atoms with Gasteiger partial charge in [0.1, 0.15) is 5.60 Å². The van der Waals surface area contributed by atoms with Crippen LogP contribution >= 0.6 is 11.6 Å². The molecule has 2 heterocycles. The summed E-state index contributed by atoms with van der Waals surface area (Å²) in [6.45, 7) is 7.57. The van der Waals surface area contributed by atoms with E-state index in [2.05, 4.69) is 5.10 Å². The monoisotopic (exact) mass is 457 g/mol. The summed E-state index contributed by atoms with van der Waals surface area (Å²) in [6.07, 6.45) is -4.58. The number of ether oxygens (including phenoxy) is 1. The first-order valence-corrected chi connectivity index (χ1v) is 10.1. The summed E-state index contributed by atoms with van der Waals surface area (Å²) >= 11 is 6.00. The number of carbonyl (C=O) groups is 2. The van der Waals surface area contributed by atoms with Gasteiger partial charge in [0.25, 0.3) is 5.91 Å². The fourth-order valence-electron chi connectivity index (χ4n) is 3.55. The van der Waals surface area contributed by atoms with Gasteiger partial charge in [-0.25, -0.2) is 9.48 Å². The Morgan fingerprint density at radius 1 is 1.13 bits per heavy atom. The molecular formula is C21H23ClF3N3O3. The molecule has 0 N–H and O–H groups in total. The number of amides is 1. The lowest BCUT2D eigenvalue weighted by Crippen LogP contribution is -2.38. The van der Waals surface area contributed by atoms with Crippen LogP contribution < -0.4 is 0 Å². The van der Waals surface area contributed by atoms with E-state index in [1.807, 2.05) is 0 Å². The predicted octanol–water partition coefficient (Wildman–Crippen LogP) is 4.89. The zero-order chi connectivity index (χ0) is 23.1. The Kier molecular flexibility index (Phi) is 6.10. The van der Waals surface area contributed by atoms with E-state index in [-0.39, 0.29) is 18.0 Å². The van der Waals surface area contributed by atoms with E-state index in [1.165, 1.54) is 11.0 Å². The topological polar surface area (TPSA) is 64.4 Å². The van der Waals surface area contributed by atoms with Crippen molar-refractivity contribution < 1.29 is 27.5 Å². The van der Waals surface area contributed by atoms with E-state index in [0.29, 0.717) is 24.4 Å². The van der Waals surface area contributed by atoms with Crippen molar-refractivity contribution in [2.45, 2.75) is 52.3 Å². The third kappa shape index (κ3) is 4.87. The predicted molar refractivity (Wildman–Crippen MR) is 108 cm³/mol. The molecule has 10 heteroatoms. The summed E-state index contributed by atoms with van der Waals surface area (Å²) in [6, 6.07) is 3.21. The SMILES string of the molecule is Cc1nn(C(=O)c2c(Cl)cccc2C(F)(F)F)c2c1CCN(C(=O)OC(C)(C)C)CC2. The van der Waals surface area contributed by atoms with Crippen LogP contribution in [0.25, 0.3) is 0 Å². The number of nitrogens with zero attached hydrogens (tertiary/aromatic N) is 3. The van der Waals surface area contributed by atoms with E-state index in [9.17, 15) is 22.8 Å². The number of hydrogen-bond donors (Lipinski definition) is 0. The Morgan fingerprint density at radius 3 is 2.39 bits per heavy atom. The molecule has 2 aromatic rings. The average Bonchev–Trinajstić information content (AvgIpc) is 2.81. The van der Waals surface area contributed by atoms with Crippen molar-refractivity contribution >= 4 is 23.6 Å². The highest BCUT2D eigenvalue weighted by atomic mass is 35.5. The number of benzene rings is 1. The molecule has 0 saturated heterocycles. The maximum absolute atomic E-state index is 13.5. The molecule has 0 fully saturated rings. The molecule has 0 atom stereocenters. The smallest absolute Gasteiger partial charge is 0.417 e. The fraction of sp³-hybridized carbons (Fsp3) is 0.476. The molecule has 1 amide bonds. The van der Waals surface area contributed by atoms with Crippen LogP contribution in [0.5, 0.6) is 0 Å². The number of aryl methyl sites for hydroxylation is 1. The van der Waals surface area contributed by atoms with Crippen molar-refractivity contribution in [2.24, 2.45) is 0 Å². The zero-order valence-electron chi connectivity index (χ0n) is 17.6. The molecule has 0 spiro atoms. The third-order valence-electron chi connectivity index (χ3n) is 4.92. The maximum Gasteiger partial charge on any atom is 0.417 e. The van der Waals surface area contributed by atoms with E-state index < -0.39 is 34.9 Å². The molecule has 1 aromatic carbocycles. The summed E-state index contributed by atoms with van der Waals surface area (Å²) in [4.78, 5) is 27.1. The van der Waals surface area contributed by atoms with Crippen LogP contribution in [0.15, 0.2) is 18.2 Å². The Morgan fingerprint density at radius 2 is 1.77 bits per heavy atom. The van der Waals surface area contributed by atoms with Crippen LogP contribution in [-0.4, -0.2) is 45.4 Å². The largest absolute Gasteiger partial charge is 0.444 e. The van der Waals surface area contributed by atoms with Crippen molar-refractivity contribution in [1.82, 2.24) is 14.7 Å². The highest BCUT2D eigenvalue weighted by Gasteiger charge is 2.38. The first-order valence-electron chi connectivity index (χ1n) is 9.75. The maximum atomic E-state index is 13.5. The third-order valence-corrected chi connectivity index (χ3v) is 5.23. The number of halogens is 4. The second-order valence-electron chi connectivity index (χ2n) is 8.36. The molecule has 168 valence electrons. The number of aromatic nitrogens is 2. The highest BCUT2D eigenvalue weighted by molar-refractivity contribution is 6.34. The summed E-state index contributed by atoms with van der Waals surface area (Å²) in [5.41, 5.74) is -0.681. The van der Waals surface area contributed by atoms with E-state index in [4.69, 9.17) is 16.3 Å². The van der Waals surface area contributed by atoms with Crippen LogP contribution in [0.4, 0.5) is 18.0 Å². The molecule has 3 rings (SSSR count). The quantitative estimate of drug-likeness (QED) is 0.611. The number of hydrogen-bond acceptors (Lipinski definition) is 4. The van der Waals surface area contributed by atoms with Crippen LogP contribution in [0.2, 0.25) is 5.02 Å². The van der Waals surface area contributed by atoms with Crippen molar-refractivity contribution in [3.05, 3.63) is 51.3 Å². The zero-order valence-corrected chi connectivity index (χ0v) is 18.4. The average molecular weight is 458 g/mol. The normalized spacial score (nSPS) is 14.8. The molecule has 1 aliphatic rings. The van der Waals surface area contributed by atoms with Crippen LogP contribution in [0, 0.1) is 6.92 Å². The van der Waals surface area contributed by atoms with Gasteiger partial charge in [-0.2, -0.15) is 18.3 Å². The van der Waals surface area contributed by atoms with E-state index in [1.54, 1.807) is 27.7 Å². The van der Waals surface area contributed by atoms with Crippen molar-refractivity contribution in [3.63, 3.8) is 0 Å². The lowest BCUT2D eigenvalue weighted by Gasteiger charge is -2.26. The van der Waals surface area contributed by atoms with Gasteiger partial charge in [-0.05, 0) is 51.8 Å². The van der Waals surface area contributed by atoms with Gasteiger partial charge < -0.3 is 9.64 Å². The van der Waals surface area contributed by atoms with Gasteiger partial charge in [-0.1, -0.05) is 17.7 Å². The van der Waals surface area contributed by atoms with Gasteiger partial charge in [0.05, 0.1) is 27.5 Å². The first-order chi connectivity index (χ1) is 14.3. The van der Waals surface area contributed by atoms with Gasteiger partial charge in [-0.15, -0.1) is 0 Å². The molecular weight excluding hydrogens is 435 g/mol. The van der Waals surface area contributed by atoms with Crippen LogP contribution in [0.1, 0.15) is 53.6 Å². The Balaban J connectivity index is 1.96. The minimum Gasteiger partial charge on any atom is -0.444 e. The van der Waals surface area contributed by atoms with Gasteiger partial charge in [0.15, 0.2) is 0 Å². The van der Waals surface area contributed by atoms with Gasteiger partial charge in [0, 0.05) is 19.5 Å². The highest BCUT2D eigenvalue weighted by Crippen LogP contribution is 2.36. The Labute approximate surface area is 182 Å². The molecule has 0 radical (unpaired) electrons. The first kappa shape index (κ1) is 23.1. The summed E-state index contributed by atoms with van der Waals surface area (Å²) in [5.74, 6) is -0.951. The molecule has 0 unspecified atom stereocenters. The number of carbonyl (C=O) groups excluding carboxylic acids is 2. The number of rotatable bonds is 1. The minimum absolute atomic E-state index is 0.243. The number of fused-ring (bicyclic) bond motifs is 1. The molecule has 0 aliphatic carbocycles. The van der Waals surface area contributed by atoms with Gasteiger partial charge in [0.2, 0.25) is 0 Å². The second kappa shape index (κ2) is 8.18. The molecule has 1 aliphatic heterocycles. The lowest BCUT2D eigenvalue weighted by atomic mass is 10.1. The molecule has 31 heavy (non-hydrogen) atoms. The lowest BCUT2D eigenvalue weighted by molar-refractivity contribution is -0.137. The number of alkyl halides is 3. The van der Waals surface area contributed by atoms with E-state index >= 15 is 0 Å². The molecule has 6 nitrogen and oxygen atoms in total. The van der Waals surface area contributed by atoms with E-state index in [0.717, 1.165) is 22.4 Å². The minimum atomic E-state index is -4.75. The summed E-state index contributed by atoms with van der Waals surface area (Å²) in [7, 11) is 0. The molecule has 0 bridgehead atoms. The Hall–Kier alpha value is -2.55. The van der Waals surface area contributed by atoms with Gasteiger partial charge in [-0.3, -0.25) is 4.79 Å². The second-order valence-corrected chi connectivity index (χ2v) is 8.76. The van der Waals surface area contributed by atoms with Crippen LogP contribution in [-0.2, 0) is 23.8 Å². The van der Waals surface area contributed by atoms with Crippen molar-refractivity contribution in [1.29, 1.82) is 0 Å². The molecule has 0 saturated carbocycles. The standard InChI is InChI=1S/C21H23ClF3N3O3/c1-12-13-8-10-27(19(30)31-20(2,3)4)11-9-16(13)28(26-12)18(29)17-14(21(23,24)25)6-5-7-15(17)22/h5-7H,8-11H2,1-4H3. The van der Waals surface area contributed by atoms with Gasteiger partial charge >= 0.3 is 12.3 Å². The summed E-state index contributed by atoms with van der Waals surface area (Å²) < 4.78 is 46.9. The summed E-state index contributed by atoms with van der Waals surface area (Å²) in [5, 5.41) is 3.91. The molecule has 1 aromatic heterocycles.